The van der Waals surface area contributed by atoms with E-state index in [2.05, 4.69) is 0 Å². The van der Waals surface area contributed by atoms with Crippen LogP contribution in [0.4, 0.5) is 0 Å². The van der Waals surface area contributed by atoms with Crippen LogP contribution in [0.5, 0.6) is 5.75 Å². The van der Waals surface area contributed by atoms with E-state index in [0.29, 0.717) is 24.3 Å². The Morgan fingerprint density at radius 1 is 0.561 bits per heavy atom. The number of hydrogen-bond donors (Lipinski definition) is 10. The van der Waals surface area contributed by atoms with Crippen LogP contribution in [0, 0.1) is 0 Å². The molecule has 0 aliphatic carbocycles. The highest BCUT2D eigenvalue weighted by atomic mass is 16.8. The Balaban J connectivity index is 1.01. The molecule has 10 N–H and O–H groups in total. The van der Waals surface area contributed by atoms with Crippen LogP contribution in [0.25, 0.3) is 6.08 Å². The second kappa shape index (κ2) is 21.9. The quantitative estimate of drug-likeness (QED) is 0.0417. The van der Waals surface area contributed by atoms with Gasteiger partial charge in [-0.05, 0) is 55.2 Å². The van der Waals surface area contributed by atoms with Crippen molar-refractivity contribution >= 4 is 11.9 Å². The molecule has 0 spiro atoms. The minimum atomic E-state index is -1.92. The van der Waals surface area contributed by atoms with Crippen molar-refractivity contribution in [3.8, 4) is 5.75 Å². The Labute approximate surface area is 329 Å². The maximum absolute atomic E-state index is 12.5. The van der Waals surface area contributed by atoms with E-state index in [1.807, 2.05) is 30.3 Å². The van der Waals surface area contributed by atoms with Gasteiger partial charge in [-0.1, -0.05) is 42.8 Å². The molecule has 3 saturated heterocycles. The van der Waals surface area contributed by atoms with Crippen molar-refractivity contribution in [3.05, 3.63) is 71.8 Å². The van der Waals surface area contributed by atoms with Crippen molar-refractivity contribution in [2.45, 2.75) is 118 Å². The monoisotopic (exact) mass is 810 g/mol. The standard InChI is InChI=1S/C39H54O18/c40-18-25-28(44)29(45)32(48)38(53-25)56-36-27(20-42)55-39(34(50)31(36)47)57-35-26(19-41)54-37(33(49)30(35)46)52-17-7-2-1-6-16-51-23-13-11-22(12-14-23)24(43)15-10-21-8-4-3-5-9-21/h3-5,8-15,25-42,44-50H,1-2,6-7,16-20H2/b15-10+/t25-,26-,27-,28+,29+,30-,31-,32-,33-,34-,35-,36+,37-,38-,39+/m1/s1. The first-order valence-corrected chi connectivity index (χ1v) is 19.0. The summed E-state index contributed by atoms with van der Waals surface area (Å²) in [5.41, 5.74) is 1.49. The van der Waals surface area contributed by atoms with Crippen LogP contribution >= 0.6 is 0 Å². The summed E-state index contributed by atoms with van der Waals surface area (Å²) >= 11 is 0. The molecule has 318 valence electrons. The van der Waals surface area contributed by atoms with Gasteiger partial charge >= 0.3 is 0 Å². The SMILES string of the molecule is O=C(/C=C/c1ccccc1)c1ccc(OCCCCCCO[C@@H]2O[C@H](CO)[C@@H](O[C@@H]3O[C@H](CO)[C@H](O[C@H]4O[C@H](CO)[C@H](O)[C@H](O)[C@H]4O)[C@H](O)[C@H]3O)[C@H](O)[C@H]2O)cc1. The Morgan fingerprint density at radius 3 is 1.65 bits per heavy atom. The average molecular weight is 811 g/mol. The van der Waals surface area contributed by atoms with Crippen molar-refractivity contribution in [2.24, 2.45) is 0 Å². The van der Waals surface area contributed by atoms with Gasteiger partial charge in [0.1, 0.15) is 79.0 Å². The van der Waals surface area contributed by atoms with Gasteiger partial charge in [0.2, 0.25) is 0 Å². The first-order valence-electron chi connectivity index (χ1n) is 19.0. The summed E-state index contributed by atoms with van der Waals surface area (Å²) in [6.45, 7) is -1.68. The van der Waals surface area contributed by atoms with Gasteiger partial charge in [-0.2, -0.15) is 0 Å². The minimum Gasteiger partial charge on any atom is -0.494 e. The highest BCUT2D eigenvalue weighted by Gasteiger charge is 2.53. The molecule has 5 rings (SSSR count). The molecule has 2 aromatic rings. The molecule has 3 fully saturated rings. The van der Waals surface area contributed by atoms with Crippen LogP contribution in [0.2, 0.25) is 0 Å². The van der Waals surface area contributed by atoms with E-state index < -0.39 is 112 Å². The normalized spacial score (nSPS) is 36.0. The summed E-state index contributed by atoms with van der Waals surface area (Å²) in [7, 11) is 0. The zero-order valence-corrected chi connectivity index (χ0v) is 31.1. The third kappa shape index (κ3) is 11.6. The van der Waals surface area contributed by atoms with Crippen molar-refractivity contribution in [1.29, 1.82) is 0 Å². The Bertz CT molecular complexity index is 1510. The van der Waals surface area contributed by atoms with Gasteiger partial charge in [-0.3, -0.25) is 4.79 Å². The first kappa shape index (κ1) is 45.1. The average Bonchev–Trinajstić information content (AvgIpc) is 3.23. The number of aliphatic hydroxyl groups is 10. The molecule has 0 saturated carbocycles. The molecule has 0 aromatic heterocycles. The van der Waals surface area contributed by atoms with Gasteiger partial charge in [0, 0.05) is 12.2 Å². The lowest BCUT2D eigenvalue weighted by Crippen LogP contribution is -2.66. The van der Waals surface area contributed by atoms with Crippen molar-refractivity contribution < 1.29 is 89.0 Å². The van der Waals surface area contributed by atoms with Gasteiger partial charge in [-0.15, -0.1) is 0 Å². The Morgan fingerprint density at radius 2 is 1.07 bits per heavy atom. The maximum Gasteiger partial charge on any atom is 0.187 e. The van der Waals surface area contributed by atoms with Crippen molar-refractivity contribution in [3.63, 3.8) is 0 Å². The number of rotatable bonds is 19. The van der Waals surface area contributed by atoms with E-state index in [1.165, 1.54) is 6.08 Å². The number of carbonyl (C=O) groups is 1. The molecule has 57 heavy (non-hydrogen) atoms. The van der Waals surface area contributed by atoms with E-state index in [0.717, 1.165) is 24.8 Å². The van der Waals surface area contributed by atoms with E-state index in [-0.39, 0.29) is 12.4 Å². The number of carbonyl (C=O) groups excluding carboxylic acids is 1. The molecule has 3 aliphatic rings. The highest BCUT2D eigenvalue weighted by Crippen LogP contribution is 2.32. The number of ether oxygens (including phenoxy) is 7. The lowest BCUT2D eigenvalue weighted by molar-refractivity contribution is -0.379. The van der Waals surface area contributed by atoms with Gasteiger partial charge in [0.05, 0.1) is 26.4 Å². The second-order valence-electron chi connectivity index (χ2n) is 14.1. The van der Waals surface area contributed by atoms with Gasteiger partial charge in [-0.25, -0.2) is 0 Å². The second-order valence-corrected chi connectivity index (χ2v) is 14.1. The largest absolute Gasteiger partial charge is 0.494 e. The molecule has 2 aromatic carbocycles. The maximum atomic E-state index is 12.5. The first-order chi connectivity index (χ1) is 27.5. The van der Waals surface area contributed by atoms with E-state index in [4.69, 9.17) is 33.2 Å². The molecule has 0 unspecified atom stereocenters. The van der Waals surface area contributed by atoms with Crippen molar-refractivity contribution in [1.82, 2.24) is 0 Å². The van der Waals surface area contributed by atoms with E-state index >= 15 is 0 Å². The molecule has 0 bridgehead atoms. The predicted molar refractivity (Wildman–Crippen MR) is 195 cm³/mol. The Kier molecular flexibility index (Phi) is 17.3. The zero-order valence-electron chi connectivity index (χ0n) is 31.1. The number of hydrogen-bond acceptors (Lipinski definition) is 18. The van der Waals surface area contributed by atoms with Crippen LogP contribution in [-0.2, 0) is 28.4 Å². The molecule has 3 heterocycles. The number of unbranched alkanes of at least 4 members (excludes halogenated alkanes) is 3. The lowest BCUT2D eigenvalue weighted by Gasteiger charge is -2.48. The summed E-state index contributed by atoms with van der Waals surface area (Å²) in [5, 5.41) is 103. The number of benzene rings is 2. The summed E-state index contributed by atoms with van der Waals surface area (Å²) < 4.78 is 39.3. The fourth-order valence-corrected chi connectivity index (χ4v) is 6.68. The molecular formula is C39H54O18. The number of aliphatic hydroxyl groups excluding tert-OH is 10. The van der Waals surface area contributed by atoms with Crippen LogP contribution in [-0.4, -0.2) is 182 Å². The van der Waals surface area contributed by atoms with Crippen LogP contribution in [0.1, 0.15) is 41.6 Å². The van der Waals surface area contributed by atoms with Crippen LogP contribution < -0.4 is 4.74 Å². The molecule has 0 amide bonds. The van der Waals surface area contributed by atoms with Gasteiger partial charge in [0.15, 0.2) is 24.7 Å². The third-order valence-electron chi connectivity index (χ3n) is 10.0. The van der Waals surface area contributed by atoms with E-state index in [9.17, 15) is 55.9 Å². The molecule has 0 radical (unpaired) electrons. The smallest absolute Gasteiger partial charge is 0.187 e. The minimum absolute atomic E-state index is 0.110. The molecule has 18 nitrogen and oxygen atoms in total. The molecular weight excluding hydrogens is 756 g/mol. The summed E-state index contributed by atoms with van der Waals surface area (Å²) in [6, 6.07) is 16.5. The van der Waals surface area contributed by atoms with Crippen molar-refractivity contribution in [2.75, 3.05) is 33.0 Å². The van der Waals surface area contributed by atoms with Gasteiger partial charge in [0.25, 0.3) is 0 Å². The van der Waals surface area contributed by atoms with Gasteiger partial charge < -0.3 is 84.2 Å². The predicted octanol–water partition coefficient (Wildman–Crippen LogP) is -2.01. The number of ketones is 1. The molecule has 15 atom stereocenters. The molecule has 18 heteroatoms. The van der Waals surface area contributed by atoms with Crippen LogP contribution in [0.15, 0.2) is 60.7 Å². The summed E-state index contributed by atoms with van der Waals surface area (Å²) in [5.74, 6) is 0.532. The Hall–Kier alpha value is -2.99. The zero-order chi connectivity index (χ0) is 41.1. The molecule has 3 aliphatic heterocycles. The third-order valence-corrected chi connectivity index (χ3v) is 10.0. The lowest BCUT2D eigenvalue weighted by atomic mass is 9.96. The topological polar surface area (TPSA) is 284 Å². The van der Waals surface area contributed by atoms with E-state index in [1.54, 1.807) is 30.3 Å². The van der Waals surface area contributed by atoms with Crippen LogP contribution in [0.3, 0.4) is 0 Å². The summed E-state index contributed by atoms with van der Waals surface area (Å²) in [6.07, 6.45) is -18.3. The fourth-order valence-electron chi connectivity index (χ4n) is 6.68. The highest BCUT2D eigenvalue weighted by molar-refractivity contribution is 6.06. The summed E-state index contributed by atoms with van der Waals surface area (Å²) in [4.78, 5) is 12.5. The fraction of sp³-hybridized carbons (Fsp3) is 0.615. The number of allylic oxidation sites excluding steroid dienone is 1.